The fraction of sp³-hybridized carbons (Fsp3) is 0.450. The molecule has 1 unspecified atom stereocenters. The number of hydrogen-bond acceptors (Lipinski definition) is 7. The van der Waals surface area contributed by atoms with Gasteiger partial charge in [0.25, 0.3) is 0 Å². The zero-order valence-corrected chi connectivity index (χ0v) is 20.3. The molecule has 3 aliphatic rings. The molecule has 1 aromatic heterocycles. The summed E-state index contributed by atoms with van der Waals surface area (Å²) < 4.78 is 37.0. The number of nitrogens with zero attached hydrogens (tertiary/aromatic N) is 2. The van der Waals surface area contributed by atoms with Crippen molar-refractivity contribution in [3.63, 3.8) is 0 Å². The lowest BCUT2D eigenvalue weighted by atomic mass is 9.73. The van der Waals surface area contributed by atoms with Crippen LogP contribution < -0.4 is 10.6 Å². The average Bonchev–Trinajstić information content (AvgIpc) is 2.73. The number of hydrogen-bond donors (Lipinski definition) is 3. The van der Waals surface area contributed by atoms with Crippen LogP contribution in [-0.2, 0) is 15.2 Å². The van der Waals surface area contributed by atoms with Crippen molar-refractivity contribution >= 4 is 45.3 Å². The van der Waals surface area contributed by atoms with Crippen LogP contribution in [0.2, 0.25) is 0 Å². The van der Waals surface area contributed by atoms with E-state index in [9.17, 15) is 0 Å². The molecule has 2 aromatic rings. The third kappa shape index (κ3) is 6.34. The first-order valence-electron chi connectivity index (χ1n) is 9.59. The largest absolute Gasteiger partial charge is 0.497 e. The molecule has 172 valence electrons. The molecular formula is C20H28IN3O6S. The summed E-state index contributed by atoms with van der Waals surface area (Å²) in [7, 11) is -2.99. The molecule has 2 bridgehead atoms. The molecule has 3 saturated heterocycles. The van der Waals surface area contributed by atoms with Gasteiger partial charge >= 0.3 is 10.4 Å². The predicted molar refractivity (Wildman–Crippen MR) is 128 cm³/mol. The number of nitrogens with two attached hydrogens (primary N) is 1. The van der Waals surface area contributed by atoms with Crippen molar-refractivity contribution in [2.45, 2.75) is 25.0 Å². The van der Waals surface area contributed by atoms with E-state index in [1.54, 1.807) is 7.11 Å². The summed E-state index contributed by atoms with van der Waals surface area (Å²) in [6.45, 7) is 6.16. The van der Waals surface area contributed by atoms with Gasteiger partial charge in [-0.25, -0.2) is 5.90 Å². The molecule has 4 heterocycles. The van der Waals surface area contributed by atoms with Gasteiger partial charge in [0.15, 0.2) is 0 Å². The van der Waals surface area contributed by atoms with Crippen LogP contribution in [0.3, 0.4) is 0 Å². The van der Waals surface area contributed by atoms with E-state index in [2.05, 4.69) is 22.5 Å². The molecule has 0 saturated carbocycles. The zero-order chi connectivity index (χ0) is 21.9. The lowest BCUT2D eigenvalue weighted by Gasteiger charge is -2.51. The number of fused-ring (bicyclic) bond motifs is 4. The maximum Gasteiger partial charge on any atom is 0.394 e. The molecule has 1 aromatic carbocycles. The summed E-state index contributed by atoms with van der Waals surface area (Å²) in [5.41, 5.74) is 2.01. The highest BCUT2D eigenvalue weighted by Gasteiger charge is 2.43. The Hall–Kier alpha value is -1.35. The van der Waals surface area contributed by atoms with Crippen LogP contribution in [0.5, 0.6) is 5.75 Å². The fourth-order valence-electron chi connectivity index (χ4n) is 4.58. The van der Waals surface area contributed by atoms with E-state index in [1.165, 1.54) is 6.42 Å². The number of ether oxygens (including phenoxy) is 1. The SMILES string of the molecule is C=C[C@H]1CN2CC[C@H]1C[C@H]2[C@H](ON)c1ccnc2ccc(OC)cc12.I.O=S(=O)(O)O. The maximum absolute atomic E-state index is 8.74. The maximum atomic E-state index is 8.74. The van der Waals surface area contributed by atoms with E-state index in [1.807, 2.05) is 30.5 Å². The molecular weight excluding hydrogens is 537 g/mol. The summed E-state index contributed by atoms with van der Waals surface area (Å²) in [6, 6.07) is 8.24. The quantitative estimate of drug-likeness (QED) is 0.216. The fourth-order valence-corrected chi connectivity index (χ4v) is 4.58. The van der Waals surface area contributed by atoms with Gasteiger partial charge in [-0.1, -0.05) is 6.08 Å². The molecule has 5 rings (SSSR count). The van der Waals surface area contributed by atoms with Gasteiger partial charge in [-0.15, -0.1) is 30.6 Å². The standard InChI is InChI=1S/C20H25N3O2.HI.H2O4S/c1-3-13-12-23-9-7-14(13)10-19(23)20(25-21)16-6-8-22-18-5-4-15(24-2)11-17(16)18;;1-5(2,3)4/h3-6,8,11,13-14,19-20H,1,7,9-10,12,21H2,2H3;1H;(H2,1,2,3,4)/t13-,14-,19-,20+;;/m0../s1. The van der Waals surface area contributed by atoms with Crippen LogP contribution in [0.4, 0.5) is 0 Å². The Bertz CT molecular complexity index is 998. The van der Waals surface area contributed by atoms with E-state index in [-0.39, 0.29) is 36.1 Å². The Labute approximate surface area is 199 Å². The minimum Gasteiger partial charge on any atom is -0.497 e. The second-order valence-corrected chi connectivity index (χ2v) is 8.43. The Kier molecular flexibility index (Phi) is 9.18. The van der Waals surface area contributed by atoms with Crippen molar-refractivity contribution in [3.05, 3.63) is 48.7 Å². The van der Waals surface area contributed by atoms with Crippen LogP contribution in [0.25, 0.3) is 10.9 Å². The van der Waals surface area contributed by atoms with Gasteiger partial charge in [-0.3, -0.25) is 23.8 Å². The number of methoxy groups -OCH3 is 1. The summed E-state index contributed by atoms with van der Waals surface area (Å²) in [4.78, 5) is 12.5. The number of pyridine rings is 1. The van der Waals surface area contributed by atoms with Crippen LogP contribution in [0.1, 0.15) is 24.5 Å². The minimum atomic E-state index is -4.67. The highest BCUT2D eigenvalue weighted by atomic mass is 127. The Morgan fingerprint density at radius 1 is 1.35 bits per heavy atom. The topological polar surface area (TPSA) is 135 Å². The Morgan fingerprint density at radius 3 is 2.61 bits per heavy atom. The van der Waals surface area contributed by atoms with Gasteiger partial charge in [0.1, 0.15) is 11.9 Å². The van der Waals surface area contributed by atoms with Gasteiger partial charge in [-0.2, -0.15) is 8.42 Å². The van der Waals surface area contributed by atoms with Crippen molar-refractivity contribution in [3.8, 4) is 5.75 Å². The lowest BCUT2D eigenvalue weighted by molar-refractivity contribution is -0.0761. The third-order valence-corrected chi connectivity index (χ3v) is 5.94. The number of aromatic nitrogens is 1. The summed E-state index contributed by atoms with van der Waals surface area (Å²) >= 11 is 0. The van der Waals surface area contributed by atoms with Crippen molar-refractivity contribution < 1.29 is 27.1 Å². The first-order valence-corrected chi connectivity index (χ1v) is 11.0. The molecule has 4 N–H and O–H groups in total. The zero-order valence-electron chi connectivity index (χ0n) is 17.1. The van der Waals surface area contributed by atoms with Crippen LogP contribution in [0.15, 0.2) is 43.1 Å². The molecule has 0 amide bonds. The molecule has 0 radical (unpaired) electrons. The normalized spacial score (nSPS) is 25.7. The van der Waals surface area contributed by atoms with Crippen molar-refractivity contribution in [1.29, 1.82) is 0 Å². The van der Waals surface area contributed by atoms with E-state index in [0.29, 0.717) is 11.8 Å². The van der Waals surface area contributed by atoms with Gasteiger partial charge in [0, 0.05) is 24.2 Å². The van der Waals surface area contributed by atoms with Gasteiger partial charge < -0.3 is 4.74 Å². The van der Waals surface area contributed by atoms with Crippen molar-refractivity contribution in [2.24, 2.45) is 17.7 Å². The first kappa shape index (κ1) is 25.9. The van der Waals surface area contributed by atoms with Crippen LogP contribution in [-0.4, -0.2) is 53.6 Å². The minimum absolute atomic E-state index is 0. The Balaban J connectivity index is 0.000000514. The first-order chi connectivity index (χ1) is 14.2. The molecule has 31 heavy (non-hydrogen) atoms. The summed E-state index contributed by atoms with van der Waals surface area (Å²) in [6.07, 6.45) is 6.09. The number of halogens is 1. The molecule has 3 fully saturated rings. The number of benzene rings is 1. The van der Waals surface area contributed by atoms with Gasteiger partial charge in [0.05, 0.1) is 12.6 Å². The molecule has 5 atom stereocenters. The number of piperidine rings is 3. The van der Waals surface area contributed by atoms with Crippen molar-refractivity contribution in [2.75, 3.05) is 20.2 Å². The molecule has 0 aliphatic carbocycles. The van der Waals surface area contributed by atoms with Gasteiger partial charge in [0.2, 0.25) is 0 Å². The Morgan fingerprint density at radius 2 is 2.06 bits per heavy atom. The number of rotatable bonds is 5. The van der Waals surface area contributed by atoms with E-state index in [0.717, 1.165) is 41.7 Å². The van der Waals surface area contributed by atoms with Crippen molar-refractivity contribution in [1.82, 2.24) is 9.88 Å². The van der Waals surface area contributed by atoms with Crippen LogP contribution in [0, 0.1) is 11.8 Å². The van der Waals surface area contributed by atoms with E-state index in [4.69, 9.17) is 33.0 Å². The molecule has 11 heteroatoms. The monoisotopic (exact) mass is 565 g/mol. The second kappa shape index (κ2) is 11.0. The lowest BCUT2D eigenvalue weighted by Crippen LogP contribution is -2.55. The second-order valence-electron chi connectivity index (χ2n) is 7.53. The third-order valence-electron chi connectivity index (χ3n) is 5.94. The highest BCUT2D eigenvalue weighted by molar-refractivity contribution is 14.0. The van der Waals surface area contributed by atoms with Gasteiger partial charge in [-0.05, 0) is 61.1 Å². The smallest absolute Gasteiger partial charge is 0.394 e. The summed E-state index contributed by atoms with van der Waals surface area (Å²) in [5.74, 6) is 7.87. The highest BCUT2D eigenvalue weighted by Crippen LogP contribution is 2.43. The van der Waals surface area contributed by atoms with Crippen LogP contribution >= 0.6 is 24.0 Å². The molecule has 9 nitrogen and oxygen atoms in total. The van der Waals surface area contributed by atoms with E-state index < -0.39 is 10.4 Å². The summed E-state index contributed by atoms with van der Waals surface area (Å²) in [5, 5.41) is 1.04. The predicted octanol–water partition coefficient (Wildman–Crippen LogP) is 3.04. The molecule has 0 spiro atoms. The molecule has 3 aliphatic heterocycles. The average molecular weight is 565 g/mol. The van der Waals surface area contributed by atoms with E-state index >= 15 is 0 Å².